The van der Waals surface area contributed by atoms with Gasteiger partial charge in [-0.25, -0.2) is 14.8 Å². The maximum absolute atomic E-state index is 12.2. The smallest absolute Gasteiger partial charge is 0.319 e. The Labute approximate surface area is 152 Å². The molecule has 0 spiro atoms. The topological polar surface area (TPSA) is 97.8 Å². The fourth-order valence-electron chi connectivity index (χ4n) is 2.21. The van der Waals surface area contributed by atoms with E-state index in [2.05, 4.69) is 20.6 Å². The van der Waals surface area contributed by atoms with E-state index in [0.29, 0.717) is 28.8 Å². The van der Waals surface area contributed by atoms with Crippen LogP contribution in [0, 0.1) is 0 Å². The van der Waals surface area contributed by atoms with Crippen LogP contribution < -0.4 is 29.7 Å². The van der Waals surface area contributed by atoms with Gasteiger partial charge < -0.3 is 29.7 Å². The fraction of sp³-hybridized carbons (Fsp3) is 0.353. The van der Waals surface area contributed by atoms with Gasteiger partial charge in [-0.15, -0.1) is 0 Å². The molecule has 0 aliphatic rings. The monoisotopic (exact) mass is 361 g/mol. The molecule has 2 rings (SSSR count). The molecule has 2 aromatic rings. The molecule has 26 heavy (non-hydrogen) atoms. The van der Waals surface area contributed by atoms with Crippen LogP contribution in [0.15, 0.2) is 24.4 Å². The number of ether oxygens (including phenoxy) is 3. The number of rotatable bonds is 7. The van der Waals surface area contributed by atoms with Crippen molar-refractivity contribution in [3.63, 3.8) is 0 Å². The highest BCUT2D eigenvalue weighted by Gasteiger charge is 2.14. The Morgan fingerprint density at radius 2 is 1.77 bits per heavy atom. The van der Waals surface area contributed by atoms with E-state index >= 15 is 0 Å². The first-order chi connectivity index (χ1) is 12.5. The van der Waals surface area contributed by atoms with Gasteiger partial charge in [-0.2, -0.15) is 0 Å². The summed E-state index contributed by atoms with van der Waals surface area (Å²) < 4.78 is 15.8. The van der Waals surface area contributed by atoms with Crippen molar-refractivity contribution >= 4 is 17.5 Å². The van der Waals surface area contributed by atoms with Crippen LogP contribution in [0.3, 0.4) is 0 Å². The Morgan fingerprint density at radius 3 is 2.31 bits per heavy atom. The summed E-state index contributed by atoms with van der Waals surface area (Å²) in [6, 6.07) is 4.67. The van der Waals surface area contributed by atoms with Crippen LogP contribution in [0.4, 0.5) is 16.3 Å². The molecule has 9 heteroatoms. The molecule has 0 unspecified atom stereocenters. The molecule has 0 aliphatic carbocycles. The molecule has 0 bridgehead atoms. The van der Waals surface area contributed by atoms with Crippen LogP contribution in [-0.2, 0) is 6.54 Å². The molecule has 0 saturated heterocycles. The Morgan fingerprint density at radius 1 is 1.12 bits per heavy atom. The van der Waals surface area contributed by atoms with E-state index < -0.39 is 6.03 Å². The Kier molecular flexibility index (Phi) is 6.42. The summed E-state index contributed by atoms with van der Waals surface area (Å²) in [7, 11) is 8.31. The van der Waals surface area contributed by atoms with Gasteiger partial charge in [0.05, 0.1) is 33.6 Å². The third-order valence-corrected chi connectivity index (χ3v) is 3.48. The molecule has 0 radical (unpaired) electrons. The summed E-state index contributed by atoms with van der Waals surface area (Å²) in [5.41, 5.74) is 0.500. The molecule has 0 atom stereocenters. The van der Waals surface area contributed by atoms with E-state index in [1.165, 1.54) is 21.3 Å². The van der Waals surface area contributed by atoms with Gasteiger partial charge in [-0.05, 0) is 6.07 Å². The van der Waals surface area contributed by atoms with Crippen LogP contribution >= 0.6 is 0 Å². The SMILES string of the molecule is COc1cc(NC(=O)NCc2nccc(N(C)C)n2)cc(OC)c1OC. The van der Waals surface area contributed by atoms with Crippen molar-refractivity contribution in [3.8, 4) is 17.2 Å². The second-order valence-corrected chi connectivity index (χ2v) is 5.45. The largest absolute Gasteiger partial charge is 0.493 e. The van der Waals surface area contributed by atoms with E-state index in [1.54, 1.807) is 24.4 Å². The van der Waals surface area contributed by atoms with Gasteiger partial charge in [0, 0.05) is 32.4 Å². The van der Waals surface area contributed by atoms with Gasteiger partial charge in [-0.1, -0.05) is 0 Å². The first-order valence-corrected chi connectivity index (χ1v) is 7.82. The molecular weight excluding hydrogens is 338 g/mol. The zero-order valence-electron chi connectivity index (χ0n) is 15.5. The molecule has 0 aliphatic heterocycles. The van der Waals surface area contributed by atoms with Gasteiger partial charge in [0.2, 0.25) is 5.75 Å². The molecule has 2 amide bonds. The number of amides is 2. The molecule has 1 aromatic carbocycles. The van der Waals surface area contributed by atoms with Gasteiger partial charge in [0.25, 0.3) is 0 Å². The molecule has 9 nitrogen and oxygen atoms in total. The first kappa shape index (κ1) is 19.1. The third kappa shape index (κ3) is 4.65. The second kappa shape index (κ2) is 8.75. The lowest BCUT2D eigenvalue weighted by Gasteiger charge is -2.15. The Bertz CT molecular complexity index is 742. The van der Waals surface area contributed by atoms with E-state index in [4.69, 9.17) is 14.2 Å². The van der Waals surface area contributed by atoms with Crippen molar-refractivity contribution < 1.29 is 19.0 Å². The maximum Gasteiger partial charge on any atom is 0.319 e. The van der Waals surface area contributed by atoms with Crippen LogP contribution in [0.25, 0.3) is 0 Å². The summed E-state index contributed by atoms with van der Waals surface area (Å²) in [6.07, 6.45) is 1.65. The number of urea groups is 1. The lowest BCUT2D eigenvalue weighted by Crippen LogP contribution is -2.29. The summed E-state index contributed by atoms with van der Waals surface area (Å²) in [5, 5.41) is 5.43. The average molecular weight is 361 g/mol. The number of carbonyl (C=O) groups excluding carboxylic acids is 1. The number of hydrogen-bond acceptors (Lipinski definition) is 7. The van der Waals surface area contributed by atoms with Gasteiger partial charge >= 0.3 is 6.03 Å². The van der Waals surface area contributed by atoms with Gasteiger partial charge in [-0.3, -0.25) is 0 Å². The average Bonchev–Trinajstić information content (AvgIpc) is 2.65. The number of nitrogens with one attached hydrogen (secondary N) is 2. The number of anilines is 2. The minimum Gasteiger partial charge on any atom is -0.493 e. The summed E-state index contributed by atoms with van der Waals surface area (Å²) in [6.45, 7) is 0.192. The van der Waals surface area contributed by atoms with Crippen molar-refractivity contribution in [2.45, 2.75) is 6.54 Å². The quantitative estimate of drug-likeness (QED) is 0.777. The predicted octanol–water partition coefficient (Wildman–Crippen LogP) is 1.89. The number of benzene rings is 1. The van der Waals surface area contributed by atoms with E-state index in [9.17, 15) is 4.79 Å². The maximum atomic E-state index is 12.2. The molecule has 2 N–H and O–H groups in total. The zero-order chi connectivity index (χ0) is 19.1. The number of methoxy groups -OCH3 is 3. The molecule has 0 saturated carbocycles. The highest BCUT2D eigenvalue weighted by atomic mass is 16.5. The zero-order valence-corrected chi connectivity index (χ0v) is 15.5. The summed E-state index contributed by atoms with van der Waals surface area (Å²) >= 11 is 0. The lowest BCUT2D eigenvalue weighted by molar-refractivity contribution is 0.251. The second-order valence-electron chi connectivity index (χ2n) is 5.45. The number of nitrogens with zero attached hydrogens (tertiary/aromatic N) is 3. The van der Waals surface area contributed by atoms with E-state index in [-0.39, 0.29) is 6.54 Å². The van der Waals surface area contributed by atoms with Gasteiger partial charge in [0.1, 0.15) is 11.6 Å². The van der Waals surface area contributed by atoms with E-state index in [0.717, 1.165) is 5.82 Å². The highest BCUT2D eigenvalue weighted by Crippen LogP contribution is 2.39. The van der Waals surface area contributed by atoms with Crippen LogP contribution in [0.2, 0.25) is 0 Å². The Balaban J connectivity index is 2.05. The minimum atomic E-state index is -0.405. The van der Waals surface area contributed by atoms with Crippen molar-refractivity contribution in [1.82, 2.24) is 15.3 Å². The van der Waals surface area contributed by atoms with Gasteiger partial charge in [0.15, 0.2) is 11.5 Å². The highest BCUT2D eigenvalue weighted by molar-refractivity contribution is 5.90. The fourth-order valence-corrected chi connectivity index (χ4v) is 2.21. The molecule has 1 heterocycles. The van der Waals surface area contributed by atoms with Crippen molar-refractivity contribution in [1.29, 1.82) is 0 Å². The molecule has 0 fully saturated rings. The summed E-state index contributed by atoms with van der Waals surface area (Å²) in [5.74, 6) is 2.63. The molecular formula is C17H23N5O4. The standard InChI is InChI=1S/C17H23N5O4/c1-22(2)15-6-7-18-14(21-15)10-19-17(23)20-11-8-12(24-3)16(26-5)13(9-11)25-4/h6-9H,10H2,1-5H3,(H2,19,20,23). The Hall–Kier alpha value is -3.23. The van der Waals surface area contributed by atoms with Crippen molar-refractivity contribution in [3.05, 3.63) is 30.2 Å². The van der Waals surface area contributed by atoms with Crippen molar-refractivity contribution in [2.75, 3.05) is 45.6 Å². The third-order valence-electron chi connectivity index (χ3n) is 3.48. The van der Waals surface area contributed by atoms with Crippen LogP contribution in [-0.4, -0.2) is 51.4 Å². The molecule has 140 valence electrons. The lowest BCUT2D eigenvalue weighted by atomic mass is 10.2. The van der Waals surface area contributed by atoms with Crippen molar-refractivity contribution in [2.24, 2.45) is 0 Å². The first-order valence-electron chi connectivity index (χ1n) is 7.82. The van der Waals surface area contributed by atoms with Crippen LogP contribution in [0.1, 0.15) is 5.82 Å². The minimum absolute atomic E-state index is 0.192. The van der Waals surface area contributed by atoms with E-state index in [1.807, 2.05) is 19.0 Å². The predicted molar refractivity (Wildman–Crippen MR) is 98.3 cm³/mol. The number of hydrogen-bond donors (Lipinski definition) is 2. The molecule has 1 aromatic heterocycles. The summed E-state index contributed by atoms with van der Waals surface area (Å²) in [4.78, 5) is 22.5. The van der Waals surface area contributed by atoms with Crippen LogP contribution in [0.5, 0.6) is 17.2 Å². The number of carbonyl (C=O) groups is 1. The number of aromatic nitrogens is 2. The normalized spacial score (nSPS) is 10.0.